The summed E-state index contributed by atoms with van der Waals surface area (Å²) >= 11 is 0. The van der Waals surface area contributed by atoms with Crippen LogP contribution < -0.4 is 14.8 Å². The maximum atomic E-state index is 12.2. The summed E-state index contributed by atoms with van der Waals surface area (Å²) < 4.78 is 11.5. The van der Waals surface area contributed by atoms with Crippen molar-refractivity contribution in [1.29, 1.82) is 0 Å². The van der Waals surface area contributed by atoms with Crippen molar-refractivity contribution in [3.63, 3.8) is 0 Å². The van der Waals surface area contributed by atoms with Gasteiger partial charge in [-0.15, -0.1) is 0 Å². The van der Waals surface area contributed by atoms with Crippen LogP contribution in [0.2, 0.25) is 0 Å². The molecule has 3 rings (SSSR count). The van der Waals surface area contributed by atoms with E-state index in [-0.39, 0.29) is 12.0 Å². The molecule has 1 aliphatic heterocycles. The van der Waals surface area contributed by atoms with Gasteiger partial charge in [-0.05, 0) is 50.6 Å². The number of carbonyl (C=O) groups excluding carboxylic acids is 1. The molecule has 1 aromatic heterocycles. The van der Waals surface area contributed by atoms with E-state index in [0.29, 0.717) is 12.3 Å². The Balaban J connectivity index is 1.79. The molecular formula is C20H22N2O3. The molecule has 0 radical (unpaired) electrons. The minimum absolute atomic E-state index is 0.167. The first-order valence-corrected chi connectivity index (χ1v) is 8.43. The number of nitrogens with one attached hydrogen (secondary N) is 1. The number of hydrogen-bond acceptors (Lipinski definition) is 4. The first kappa shape index (κ1) is 17.0. The van der Waals surface area contributed by atoms with Crippen molar-refractivity contribution in [3.8, 4) is 11.5 Å². The lowest BCUT2D eigenvalue weighted by Gasteiger charge is -2.10. The topological polar surface area (TPSA) is 60.5 Å². The van der Waals surface area contributed by atoms with Crippen molar-refractivity contribution in [2.24, 2.45) is 0 Å². The number of amides is 1. The van der Waals surface area contributed by atoms with Gasteiger partial charge in [-0.1, -0.05) is 0 Å². The van der Waals surface area contributed by atoms with Crippen LogP contribution in [-0.4, -0.2) is 23.6 Å². The number of fused-ring (bicyclic) bond motifs is 1. The lowest BCUT2D eigenvalue weighted by atomic mass is 10.1. The Morgan fingerprint density at radius 2 is 2.32 bits per heavy atom. The molecule has 0 saturated carbocycles. The van der Waals surface area contributed by atoms with Crippen molar-refractivity contribution in [2.45, 2.75) is 33.3 Å². The smallest absolute Gasteiger partial charge is 0.248 e. The molecule has 0 fully saturated rings. The molecule has 1 amide bonds. The molecule has 5 heteroatoms. The molecule has 2 heterocycles. The van der Waals surface area contributed by atoms with E-state index >= 15 is 0 Å². The number of ether oxygens (including phenoxy) is 2. The monoisotopic (exact) mass is 338 g/mol. The normalized spacial score (nSPS) is 15.7. The summed E-state index contributed by atoms with van der Waals surface area (Å²) in [6.45, 7) is 6.47. The minimum Gasteiger partial charge on any atom is -0.493 e. The lowest BCUT2D eigenvalue weighted by molar-refractivity contribution is -0.111. The number of hydrogen-bond donors (Lipinski definition) is 1. The van der Waals surface area contributed by atoms with E-state index in [1.54, 1.807) is 18.5 Å². The minimum atomic E-state index is -0.215. The second kappa shape index (κ2) is 7.38. The SMILES string of the molecule is CCOc1cc2c(cc1C=CC(=O)Nc1cnccc1C)OC(C)C2. The Bertz CT molecular complexity index is 815. The summed E-state index contributed by atoms with van der Waals surface area (Å²) in [5.74, 6) is 1.41. The van der Waals surface area contributed by atoms with Crippen molar-refractivity contribution in [3.05, 3.63) is 53.4 Å². The fourth-order valence-electron chi connectivity index (χ4n) is 2.80. The van der Waals surface area contributed by atoms with Gasteiger partial charge in [0.05, 0.1) is 18.5 Å². The Morgan fingerprint density at radius 1 is 1.48 bits per heavy atom. The molecule has 1 N–H and O–H groups in total. The van der Waals surface area contributed by atoms with Gasteiger partial charge in [0.2, 0.25) is 5.91 Å². The summed E-state index contributed by atoms with van der Waals surface area (Å²) in [6, 6.07) is 5.79. The second-order valence-electron chi connectivity index (χ2n) is 6.08. The number of benzene rings is 1. The van der Waals surface area contributed by atoms with E-state index in [2.05, 4.69) is 10.3 Å². The average Bonchev–Trinajstić information content (AvgIpc) is 2.94. The zero-order valence-electron chi connectivity index (χ0n) is 14.7. The molecule has 1 atom stereocenters. The number of aryl methyl sites for hydroxylation is 1. The molecular weight excluding hydrogens is 316 g/mol. The Morgan fingerprint density at radius 3 is 3.08 bits per heavy atom. The third-order valence-corrected chi connectivity index (χ3v) is 4.04. The maximum absolute atomic E-state index is 12.2. The third kappa shape index (κ3) is 3.99. The summed E-state index contributed by atoms with van der Waals surface area (Å²) in [6.07, 6.45) is 7.62. The number of nitrogens with zero attached hydrogens (tertiary/aromatic N) is 1. The summed E-state index contributed by atoms with van der Waals surface area (Å²) in [7, 11) is 0. The van der Waals surface area contributed by atoms with E-state index in [4.69, 9.17) is 9.47 Å². The molecule has 130 valence electrons. The predicted molar refractivity (Wildman–Crippen MR) is 98.0 cm³/mol. The fourth-order valence-corrected chi connectivity index (χ4v) is 2.80. The highest BCUT2D eigenvalue weighted by Crippen LogP contribution is 2.35. The Hall–Kier alpha value is -2.82. The highest BCUT2D eigenvalue weighted by Gasteiger charge is 2.21. The summed E-state index contributed by atoms with van der Waals surface area (Å²) in [4.78, 5) is 16.2. The average molecular weight is 338 g/mol. The molecule has 0 bridgehead atoms. The third-order valence-electron chi connectivity index (χ3n) is 4.04. The molecule has 5 nitrogen and oxygen atoms in total. The summed E-state index contributed by atoms with van der Waals surface area (Å²) in [5.41, 5.74) is 3.64. The van der Waals surface area contributed by atoms with E-state index in [1.165, 1.54) is 6.08 Å². The zero-order valence-corrected chi connectivity index (χ0v) is 14.7. The van der Waals surface area contributed by atoms with Crippen LogP contribution in [0.15, 0.2) is 36.7 Å². The molecule has 0 spiro atoms. The van der Waals surface area contributed by atoms with E-state index in [9.17, 15) is 4.79 Å². The van der Waals surface area contributed by atoms with E-state index in [0.717, 1.165) is 34.6 Å². The van der Waals surface area contributed by atoms with E-state index < -0.39 is 0 Å². The molecule has 1 unspecified atom stereocenters. The second-order valence-corrected chi connectivity index (χ2v) is 6.08. The molecule has 1 aliphatic rings. The standard InChI is InChI=1S/C20H22N2O3/c1-4-24-18-11-16-9-14(3)25-19(16)10-15(18)5-6-20(23)22-17-12-21-8-7-13(17)2/h5-8,10-12,14H,4,9H2,1-3H3,(H,22,23). The van der Waals surface area contributed by atoms with Crippen LogP contribution in [0.1, 0.15) is 30.5 Å². The largest absolute Gasteiger partial charge is 0.493 e. The predicted octanol–water partition coefficient (Wildman–Crippen LogP) is 3.76. The highest BCUT2D eigenvalue weighted by molar-refractivity contribution is 6.02. The van der Waals surface area contributed by atoms with Crippen molar-refractivity contribution in [2.75, 3.05) is 11.9 Å². The fraction of sp³-hybridized carbons (Fsp3) is 0.300. The number of pyridine rings is 1. The van der Waals surface area contributed by atoms with E-state index in [1.807, 2.05) is 39.0 Å². The number of rotatable bonds is 5. The quantitative estimate of drug-likeness (QED) is 0.843. The van der Waals surface area contributed by atoms with Crippen LogP contribution in [0, 0.1) is 6.92 Å². The van der Waals surface area contributed by atoms with Crippen LogP contribution in [0.5, 0.6) is 11.5 Å². The first-order chi connectivity index (χ1) is 12.1. The highest BCUT2D eigenvalue weighted by atomic mass is 16.5. The van der Waals surface area contributed by atoms with Gasteiger partial charge in [0, 0.05) is 29.8 Å². The lowest BCUT2D eigenvalue weighted by Crippen LogP contribution is -2.09. The molecule has 0 saturated heterocycles. The maximum Gasteiger partial charge on any atom is 0.248 e. The van der Waals surface area contributed by atoms with Gasteiger partial charge in [0.15, 0.2) is 0 Å². The summed E-state index contributed by atoms with van der Waals surface area (Å²) in [5, 5.41) is 2.83. The Labute approximate surface area is 147 Å². The zero-order chi connectivity index (χ0) is 17.8. The van der Waals surface area contributed by atoms with Crippen LogP contribution >= 0.6 is 0 Å². The van der Waals surface area contributed by atoms with Gasteiger partial charge in [-0.2, -0.15) is 0 Å². The molecule has 25 heavy (non-hydrogen) atoms. The van der Waals surface area contributed by atoms with Crippen LogP contribution in [-0.2, 0) is 11.2 Å². The first-order valence-electron chi connectivity index (χ1n) is 8.43. The molecule has 1 aromatic carbocycles. The van der Waals surface area contributed by atoms with Crippen molar-refractivity contribution >= 4 is 17.7 Å². The van der Waals surface area contributed by atoms with Crippen molar-refractivity contribution < 1.29 is 14.3 Å². The van der Waals surface area contributed by atoms with Crippen LogP contribution in [0.25, 0.3) is 6.08 Å². The van der Waals surface area contributed by atoms with Gasteiger partial charge < -0.3 is 14.8 Å². The van der Waals surface area contributed by atoms with Gasteiger partial charge in [-0.25, -0.2) is 0 Å². The van der Waals surface area contributed by atoms with Gasteiger partial charge in [0.1, 0.15) is 17.6 Å². The molecule has 2 aromatic rings. The van der Waals surface area contributed by atoms with Crippen LogP contribution in [0.4, 0.5) is 5.69 Å². The van der Waals surface area contributed by atoms with Crippen molar-refractivity contribution in [1.82, 2.24) is 4.98 Å². The van der Waals surface area contributed by atoms with Gasteiger partial charge in [-0.3, -0.25) is 9.78 Å². The van der Waals surface area contributed by atoms with Gasteiger partial charge in [0.25, 0.3) is 0 Å². The number of aromatic nitrogens is 1. The van der Waals surface area contributed by atoms with Crippen LogP contribution in [0.3, 0.4) is 0 Å². The Kier molecular flexibility index (Phi) is 5.03. The van der Waals surface area contributed by atoms with Gasteiger partial charge >= 0.3 is 0 Å². The number of anilines is 1. The molecule has 0 aliphatic carbocycles. The number of carbonyl (C=O) groups is 1.